The Morgan fingerprint density at radius 3 is 2.60 bits per heavy atom. The molecule has 1 heterocycles. The highest BCUT2D eigenvalue weighted by Gasteiger charge is 2.25. The molecule has 0 saturated carbocycles. The van der Waals surface area contributed by atoms with Crippen LogP contribution in [0, 0.1) is 0 Å². The largest absolute Gasteiger partial charge is 0.480 e. The predicted octanol–water partition coefficient (Wildman–Crippen LogP) is 3.17. The van der Waals surface area contributed by atoms with Gasteiger partial charge in [-0.1, -0.05) is 19.9 Å². The Kier molecular flexibility index (Phi) is 3.97. The van der Waals surface area contributed by atoms with Crippen LogP contribution >= 0.6 is 0 Å². The number of para-hydroxylation sites is 1. The number of nitrogen functional groups attached to an aromatic ring is 1. The van der Waals surface area contributed by atoms with Crippen molar-refractivity contribution in [3.8, 4) is 0 Å². The van der Waals surface area contributed by atoms with Crippen molar-refractivity contribution in [3.63, 3.8) is 0 Å². The zero-order valence-electron chi connectivity index (χ0n) is 12.1. The first-order chi connectivity index (χ1) is 9.51. The number of fused-ring (bicyclic) bond motifs is 1. The van der Waals surface area contributed by atoms with E-state index in [0.29, 0.717) is 11.2 Å². The van der Waals surface area contributed by atoms with E-state index >= 15 is 0 Å². The van der Waals surface area contributed by atoms with Gasteiger partial charge in [-0.05, 0) is 31.9 Å². The maximum absolute atomic E-state index is 11.4. The van der Waals surface area contributed by atoms with E-state index in [9.17, 15) is 9.90 Å². The van der Waals surface area contributed by atoms with E-state index in [4.69, 9.17) is 5.73 Å². The van der Waals surface area contributed by atoms with Crippen LogP contribution in [-0.4, -0.2) is 20.6 Å². The molecule has 0 radical (unpaired) electrons. The fourth-order valence-electron chi connectivity index (χ4n) is 2.62. The molecule has 0 fully saturated rings. The molecule has 1 atom stereocenters. The summed E-state index contributed by atoms with van der Waals surface area (Å²) in [5, 5.41) is 9.35. The Balaban J connectivity index is 2.75. The second-order valence-corrected chi connectivity index (χ2v) is 5.08. The van der Waals surface area contributed by atoms with Crippen LogP contribution in [0.1, 0.15) is 51.4 Å². The number of aliphatic carboxylic acids is 1. The third kappa shape index (κ3) is 2.24. The van der Waals surface area contributed by atoms with Gasteiger partial charge in [-0.3, -0.25) is 0 Å². The van der Waals surface area contributed by atoms with E-state index in [1.807, 2.05) is 16.7 Å². The molecule has 0 aliphatic carbocycles. The maximum atomic E-state index is 11.4. The van der Waals surface area contributed by atoms with Crippen LogP contribution < -0.4 is 5.73 Å². The zero-order chi connectivity index (χ0) is 14.9. The number of carbonyl (C=O) groups is 1. The number of hydrogen-bond acceptors (Lipinski definition) is 3. The fourth-order valence-corrected chi connectivity index (χ4v) is 2.62. The van der Waals surface area contributed by atoms with E-state index in [1.54, 1.807) is 13.0 Å². The lowest BCUT2D eigenvalue weighted by molar-refractivity contribution is -0.140. The third-order valence-corrected chi connectivity index (χ3v) is 3.87. The van der Waals surface area contributed by atoms with Crippen LogP contribution in [0.2, 0.25) is 0 Å². The number of aromatic nitrogens is 2. The molecule has 5 heteroatoms. The van der Waals surface area contributed by atoms with E-state index in [1.165, 1.54) is 0 Å². The summed E-state index contributed by atoms with van der Waals surface area (Å²) in [5.74, 6) is 0.195. The number of carboxylic acid groups (broad SMARTS) is 1. The van der Waals surface area contributed by atoms with Crippen LogP contribution in [0.15, 0.2) is 18.2 Å². The molecule has 3 N–H and O–H groups in total. The lowest BCUT2D eigenvalue weighted by Gasteiger charge is -2.18. The normalized spacial score (nSPS) is 13.0. The van der Waals surface area contributed by atoms with Crippen molar-refractivity contribution in [1.82, 2.24) is 9.55 Å². The summed E-state index contributed by atoms with van der Waals surface area (Å²) in [6.07, 6.45) is 1.85. The van der Waals surface area contributed by atoms with Gasteiger partial charge in [-0.15, -0.1) is 0 Å². The molecule has 0 aliphatic rings. The second kappa shape index (κ2) is 5.53. The van der Waals surface area contributed by atoms with Crippen molar-refractivity contribution in [2.45, 2.75) is 45.6 Å². The smallest absolute Gasteiger partial charge is 0.326 e. The van der Waals surface area contributed by atoms with Crippen LogP contribution in [0.4, 0.5) is 5.69 Å². The van der Waals surface area contributed by atoms with Gasteiger partial charge in [0.15, 0.2) is 0 Å². The summed E-state index contributed by atoms with van der Waals surface area (Å²) in [6, 6.07) is 4.85. The minimum atomic E-state index is -0.862. The van der Waals surface area contributed by atoms with Gasteiger partial charge in [0.25, 0.3) is 0 Å². The molecule has 1 unspecified atom stereocenters. The monoisotopic (exact) mass is 275 g/mol. The molecule has 2 aromatic rings. The van der Waals surface area contributed by atoms with Crippen LogP contribution in [0.5, 0.6) is 0 Å². The zero-order valence-corrected chi connectivity index (χ0v) is 12.1. The van der Waals surface area contributed by atoms with Gasteiger partial charge in [-0.2, -0.15) is 0 Å². The minimum Gasteiger partial charge on any atom is -0.480 e. The molecule has 0 spiro atoms. The summed E-state index contributed by atoms with van der Waals surface area (Å²) in [4.78, 5) is 16.0. The minimum absolute atomic E-state index is 0.239. The average Bonchev–Trinajstić information content (AvgIpc) is 2.80. The van der Waals surface area contributed by atoms with Crippen molar-refractivity contribution in [2.24, 2.45) is 0 Å². The highest BCUT2D eigenvalue weighted by molar-refractivity contribution is 5.89. The number of benzene rings is 1. The number of carboxylic acids is 1. The first kappa shape index (κ1) is 14.4. The molecule has 0 bridgehead atoms. The number of nitrogens with zero attached hydrogens (tertiary/aromatic N) is 2. The Bertz CT molecular complexity index is 629. The summed E-state index contributed by atoms with van der Waals surface area (Å²) < 4.78 is 1.81. The van der Waals surface area contributed by atoms with Crippen molar-refractivity contribution in [1.29, 1.82) is 0 Å². The Hall–Kier alpha value is -2.04. The Morgan fingerprint density at radius 1 is 1.40 bits per heavy atom. The topological polar surface area (TPSA) is 81.1 Å². The highest BCUT2D eigenvalue weighted by atomic mass is 16.4. The first-order valence-corrected chi connectivity index (χ1v) is 7.00. The fraction of sp³-hybridized carbons (Fsp3) is 0.467. The van der Waals surface area contributed by atoms with Gasteiger partial charge in [0.2, 0.25) is 0 Å². The molecule has 108 valence electrons. The quantitative estimate of drug-likeness (QED) is 0.821. The molecular formula is C15H21N3O2. The molecule has 0 aliphatic heterocycles. The van der Waals surface area contributed by atoms with Gasteiger partial charge in [0.1, 0.15) is 17.4 Å². The standard InChI is InChI=1S/C15H21N3O2/c1-4-10(5-2)14-17-13-11(16)7-6-8-12(13)18(14)9(3)15(19)20/h6-10H,4-5,16H2,1-3H3,(H,19,20). The average molecular weight is 275 g/mol. The predicted molar refractivity (Wildman–Crippen MR) is 79.8 cm³/mol. The van der Waals surface area contributed by atoms with E-state index in [2.05, 4.69) is 18.8 Å². The first-order valence-electron chi connectivity index (χ1n) is 7.00. The van der Waals surface area contributed by atoms with Crippen molar-refractivity contribution in [3.05, 3.63) is 24.0 Å². The number of nitrogens with two attached hydrogens (primary N) is 1. The number of hydrogen-bond donors (Lipinski definition) is 2. The van der Waals surface area contributed by atoms with Gasteiger partial charge in [-0.25, -0.2) is 9.78 Å². The molecular weight excluding hydrogens is 254 g/mol. The van der Waals surface area contributed by atoms with E-state index in [-0.39, 0.29) is 5.92 Å². The second-order valence-electron chi connectivity index (χ2n) is 5.08. The molecule has 20 heavy (non-hydrogen) atoms. The summed E-state index contributed by atoms with van der Waals surface area (Å²) in [6.45, 7) is 5.86. The van der Waals surface area contributed by atoms with Crippen molar-refractivity contribution in [2.75, 3.05) is 5.73 Å². The maximum Gasteiger partial charge on any atom is 0.326 e. The molecule has 0 saturated heterocycles. The highest BCUT2D eigenvalue weighted by Crippen LogP contribution is 2.31. The number of anilines is 1. The number of rotatable bonds is 5. The Morgan fingerprint density at radius 2 is 2.05 bits per heavy atom. The van der Waals surface area contributed by atoms with Crippen LogP contribution in [0.3, 0.4) is 0 Å². The van der Waals surface area contributed by atoms with E-state index < -0.39 is 12.0 Å². The molecule has 1 aromatic carbocycles. The molecule has 0 amide bonds. The van der Waals surface area contributed by atoms with Crippen molar-refractivity contribution >= 4 is 22.7 Å². The molecule has 2 rings (SSSR count). The van der Waals surface area contributed by atoms with Gasteiger partial charge in [0, 0.05) is 5.92 Å². The Labute approximate surface area is 118 Å². The summed E-state index contributed by atoms with van der Waals surface area (Å²) >= 11 is 0. The van der Waals surface area contributed by atoms with Gasteiger partial charge in [0.05, 0.1) is 11.2 Å². The lowest BCUT2D eigenvalue weighted by Crippen LogP contribution is -2.19. The van der Waals surface area contributed by atoms with Gasteiger partial charge < -0.3 is 15.4 Å². The van der Waals surface area contributed by atoms with Crippen LogP contribution in [-0.2, 0) is 4.79 Å². The van der Waals surface area contributed by atoms with Crippen LogP contribution in [0.25, 0.3) is 11.0 Å². The summed E-state index contributed by atoms with van der Waals surface area (Å²) in [7, 11) is 0. The molecule has 5 nitrogen and oxygen atoms in total. The van der Waals surface area contributed by atoms with Crippen molar-refractivity contribution < 1.29 is 9.90 Å². The lowest BCUT2D eigenvalue weighted by atomic mass is 10.0. The molecule has 1 aromatic heterocycles. The summed E-state index contributed by atoms with van der Waals surface area (Å²) in [5.41, 5.74) is 8.05. The van der Waals surface area contributed by atoms with Gasteiger partial charge >= 0.3 is 5.97 Å². The third-order valence-electron chi connectivity index (χ3n) is 3.87. The van der Waals surface area contributed by atoms with E-state index in [0.717, 1.165) is 24.2 Å². The SMILES string of the molecule is CCC(CC)c1nc2c(N)cccc2n1C(C)C(=O)O. The number of imidazole rings is 1.